The smallest absolute Gasteiger partial charge is 0.267 e. The first-order chi connectivity index (χ1) is 11.9. The number of carbonyl (C=O) groups is 1. The van der Waals surface area contributed by atoms with Crippen molar-refractivity contribution in [3.8, 4) is 22.9 Å². The van der Waals surface area contributed by atoms with E-state index >= 15 is 0 Å². The molecule has 0 atom stereocenters. The lowest BCUT2D eigenvalue weighted by Crippen LogP contribution is -2.14. The van der Waals surface area contributed by atoms with Gasteiger partial charge in [-0.15, -0.1) is 0 Å². The first-order valence-corrected chi connectivity index (χ1v) is 7.73. The van der Waals surface area contributed by atoms with Crippen LogP contribution >= 0.6 is 0 Å². The van der Waals surface area contributed by atoms with Crippen molar-refractivity contribution in [3.63, 3.8) is 0 Å². The van der Waals surface area contributed by atoms with E-state index in [0.29, 0.717) is 11.5 Å². The van der Waals surface area contributed by atoms with Crippen LogP contribution in [0.4, 0.5) is 0 Å². The molecule has 2 N–H and O–H groups in total. The van der Waals surface area contributed by atoms with Gasteiger partial charge < -0.3 is 14.9 Å². The van der Waals surface area contributed by atoms with Crippen LogP contribution in [0.3, 0.4) is 0 Å². The fraction of sp³-hybridized carbons (Fsp3) is 0.176. The molecule has 0 fully saturated rings. The van der Waals surface area contributed by atoms with E-state index in [9.17, 15) is 4.79 Å². The number of hydrogen-bond acceptors (Lipinski definition) is 4. The summed E-state index contributed by atoms with van der Waals surface area (Å²) in [7, 11) is 5.66. The molecule has 0 aliphatic carbocycles. The lowest BCUT2D eigenvalue weighted by Gasteiger charge is -2.06. The normalized spacial score (nSPS) is 11.3. The van der Waals surface area contributed by atoms with Crippen molar-refractivity contribution in [1.82, 2.24) is 28.9 Å². The second-order valence-electron chi connectivity index (χ2n) is 6.02. The highest BCUT2D eigenvalue weighted by molar-refractivity contribution is 5.99. The minimum atomic E-state index is -0.566. The Morgan fingerprint density at radius 3 is 2.52 bits per heavy atom. The number of aromatic nitrogens is 6. The number of hydrogen-bond donors (Lipinski definition) is 1. The molecule has 8 nitrogen and oxygen atoms in total. The maximum atomic E-state index is 11.7. The van der Waals surface area contributed by atoms with Gasteiger partial charge in [0.15, 0.2) is 5.82 Å². The third kappa shape index (κ3) is 2.38. The molecule has 25 heavy (non-hydrogen) atoms. The Hall–Kier alpha value is -3.42. The molecule has 126 valence electrons. The molecule has 0 spiro atoms. The van der Waals surface area contributed by atoms with Gasteiger partial charge in [-0.05, 0) is 18.2 Å². The number of carbonyl (C=O) groups excluding carboxylic acids is 1. The monoisotopic (exact) mass is 335 g/mol. The van der Waals surface area contributed by atoms with Gasteiger partial charge in [0.2, 0.25) is 0 Å². The van der Waals surface area contributed by atoms with E-state index < -0.39 is 5.91 Å². The van der Waals surface area contributed by atoms with Gasteiger partial charge in [0.1, 0.15) is 22.8 Å². The predicted octanol–water partition coefficient (Wildman–Crippen LogP) is 1.47. The highest BCUT2D eigenvalue weighted by Crippen LogP contribution is 2.29. The van der Waals surface area contributed by atoms with Gasteiger partial charge in [-0.25, -0.2) is 9.97 Å². The maximum absolute atomic E-state index is 11.7. The second kappa shape index (κ2) is 5.30. The summed E-state index contributed by atoms with van der Waals surface area (Å²) in [5, 5.41) is 5.29. The van der Waals surface area contributed by atoms with Crippen LogP contribution < -0.4 is 5.73 Å². The molecular formula is C17H17N7O. The van der Waals surface area contributed by atoms with Gasteiger partial charge in [-0.2, -0.15) is 5.10 Å². The van der Waals surface area contributed by atoms with Crippen LogP contribution in [0.1, 0.15) is 10.5 Å². The Morgan fingerprint density at radius 1 is 1.04 bits per heavy atom. The van der Waals surface area contributed by atoms with Crippen molar-refractivity contribution in [2.75, 3.05) is 0 Å². The molecular weight excluding hydrogens is 318 g/mol. The molecule has 0 aliphatic heterocycles. The first kappa shape index (κ1) is 15.1. The summed E-state index contributed by atoms with van der Waals surface area (Å²) in [6.45, 7) is 0. The Morgan fingerprint density at radius 2 is 1.84 bits per heavy atom. The summed E-state index contributed by atoms with van der Waals surface area (Å²) >= 11 is 0. The molecule has 8 heteroatoms. The van der Waals surface area contributed by atoms with Crippen molar-refractivity contribution in [1.29, 1.82) is 0 Å². The molecule has 0 aliphatic rings. The maximum Gasteiger partial charge on any atom is 0.267 e. The van der Waals surface area contributed by atoms with Crippen LogP contribution in [0.25, 0.3) is 33.8 Å². The lowest BCUT2D eigenvalue weighted by molar-refractivity contribution is 0.0996. The fourth-order valence-electron chi connectivity index (χ4n) is 2.92. The molecule has 4 heterocycles. The van der Waals surface area contributed by atoms with E-state index in [2.05, 4.69) is 15.1 Å². The number of nitrogens with zero attached hydrogens (tertiary/aromatic N) is 6. The number of fused-ring (bicyclic) bond motifs is 1. The van der Waals surface area contributed by atoms with Crippen molar-refractivity contribution in [3.05, 3.63) is 42.5 Å². The summed E-state index contributed by atoms with van der Waals surface area (Å²) in [4.78, 5) is 20.8. The van der Waals surface area contributed by atoms with E-state index in [1.165, 1.54) is 0 Å². The average molecular weight is 335 g/mol. The minimum absolute atomic E-state index is 0.215. The summed E-state index contributed by atoms with van der Waals surface area (Å²) in [6.07, 6.45) is 5.68. The van der Waals surface area contributed by atoms with E-state index in [-0.39, 0.29) is 5.69 Å². The predicted molar refractivity (Wildman–Crippen MR) is 93.6 cm³/mol. The number of aryl methyl sites for hydroxylation is 3. The van der Waals surface area contributed by atoms with Gasteiger partial charge in [-0.1, -0.05) is 0 Å². The van der Waals surface area contributed by atoms with Crippen LogP contribution in [-0.4, -0.2) is 34.8 Å². The minimum Gasteiger partial charge on any atom is -0.364 e. The van der Waals surface area contributed by atoms with Crippen LogP contribution in [-0.2, 0) is 21.1 Å². The summed E-state index contributed by atoms with van der Waals surface area (Å²) in [6, 6.07) is 5.55. The van der Waals surface area contributed by atoms with Crippen LogP contribution in [0.5, 0.6) is 0 Å². The van der Waals surface area contributed by atoms with Crippen molar-refractivity contribution in [2.45, 2.75) is 0 Å². The lowest BCUT2D eigenvalue weighted by atomic mass is 10.2. The van der Waals surface area contributed by atoms with Crippen molar-refractivity contribution < 1.29 is 4.79 Å². The molecule has 0 radical (unpaired) electrons. The van der Waals surface area contributed by atoms with Crippen molar-refractivity contribution in [2.24, 2.45) is 26.9 Å². The number of primary amides is 1. The van der Waals surface area contributed by atoms with E-state index in [1.54, 1.807) is 10.7 Å². The molecule has 4 aromatic rings. The SMILES string of the molecule is Cn1ccc(-c2cn(C)c(-c3nc(C(N)=O)cc4c3ccn4C)n2)n1. The zero-order valence-corrected chi connectivity index (χ0v) is 14.1. The fourth-order valence-corrected chi connectivity index (χ4v) is 2.92. The summed E-state index contributed by atoms with van der Waals surface area (Å²) in [5.74, 6) is 0.0865. The quantitative estimate of drug-likeness (QED) is 0.613. The molecule has 4 rings (SSSR count). The molecule has 4 aromatic heterocycles. The molecule has 1 amide bonds. The molecule has 0 bridgehead atoms. The zero-order valence-electron chi connectivity index (χ0n) is 14.1. The summed E-state index contributed by atoms with van der Waals surface area (Å²) < 4.78 is 5.53. The zero-order chi connectivity index (χ0) is 17.7. The Kier molecular flexibility index (Phi) is 3.21. The molecule has 0 saturated carbocycles. The third-order valence-corrected chi connectivity index (χ3v) is 4.20. The first-order valence-electron chi connectivity index (χ1n) is 7.73. The van der Waals surface area contributed by atoms with E-state index in [1.807, 2.05) is 61.0 Å². The van der Waals surface area contributed by atoms with Gasteiger partial charge in [0.05, 0.1) is 5.52 Å². The van der Waals surface area contributed by atoms with Crippen LogP contribution in [0, 0.1) is 0 Å². The Labute approximate surface area is 143 Å². The number of pyridine rings is 1. The Bertz CT molecular complexity index is 1120. The molecule has 0 unspecified atom stereocenters. The third-order valence-electron chi connectivity index (χ3n) is 4.20. The highest BCUT2D eigenvalue weighted by Gasteiger charge is 2.18. The van der Waals surface area contributed by atoms with Gasteiger partial charge in [0.25, 0.3) is 5.91 Å². The highest BCUT2D eigenvalue weighted by atomic mass is 16.1. The van der Waals surface area contributed by atoms with Gasteiger partial charge >= 0.3 is 0 Å². The number of nitrogens with two attached hydrogens (primary N) is 1. The molecule has 0 saturated heterocycles. The van der Waals surface area contributed by atoms with Crippen molar-refractivity contribution >= 4 is 16.8 Å². The second-order valence-corrected chi connectivity index (χ2v) is 6.02. The average Bonchev–Trinajstić information content (AvgIpc) is 3.26. The topological polar surface area (TPSA) is 96.6 Å². The largest absolute Gasteiger partial charge is 0.364 e. The van der Waals surface area contributed by atoms with Gasteiger partial charge in [-0.3, -0.25) is 9.48 Å². The van der Waals surface area contributed by atoms with E-state index in [4.69, 9.17) is 5.73 Å². The number of amides is 1. The number of imidazole rings is 1. The van der Waals surface area contributed by atoms with Gasteiger partial charge in [0, 0.05) is 45.1 Å². The van der Waals surface area contributed by atoms with Crippen LogP contribution in [0.15, 0.2) is 36.8 Å². The summed E-state index contributed by atoms with van der Waals surface area (Å²) in [5.41, 5.74) is 8.69. The molecule has 0 aromatic carbocycles. The van der Waals surface area contributed by atoms with Crippen LogP contribution in [0.2, 0.25) is 0 Å². The Balaban J connectivity index is 1.95. The standard InChI is InChI=1S/C17H17N7O/c1-22-6-4-10-14(22)8-12(16(18)25)19-15(10)17-20-13(9-23(17)2)11-5-7-24(3)21-11/h4-9H,1-3H3,(H2,18,25). The number of rotatable bonds is 3. The van der Waals surface area contributed by atoms with E-state index in [0.717, 1.165) is 22.3 Å².